The van der Waals surface area contributed by atoms with Crippen molar-refractivity contribution in [2.75, 3.05) is 6.54 Å². The van der Waals surface area contributed by atoms with Crippen LogP contribution in [0.5, 0.6) is 0 Å². The molecule has 1 aromatic carbocycles. The van der Waals surface area contributed by atoms with E-state index in [-0.39, 0.29) is 11.8 Å². The highest BCUT2D eigenvalue weighted by atomic mass is 16.4. The number of fused-ring (bicyclic) bond motifs is 1. The summed E-state index contributed by atoms with van der Waals surface area (Å²) >= 11 is 0. The van der Waals surface area contributed by atoms with Gasteiger partial charge < -0.3 is 15.5 Å². The van der Waals surface area contributed by atoms with Gasteiger partial charge in [-0.3, -0.25) is 9.78 Å². The number of carbonyl (C=O) groups excluding carboxylic acids is 1. The summed E-state index contributed by atoms with van der Waals surface area (Å²) in [4.78, 5) is 25.3. The molecule has 6 nitrogen and oxygen atoms in total. The fourth-order valence-corrected chi connectivity index (χ4v) is 1.84. The molecule has 6 heteroatoms. The lowest BCUT2D eigenvalue weighted by Gasteiger charge is -2.10. The molecular weight excluding hydrogens is 246 g/mol. The Labute approximate surface area is 110 Å². The van der Waals surface area contributed by atoms with Crippen LogP contribution in [0.4, 0.5) is 0 Å². The Hall–Kier alpha value is -2.08. The van der Waals surface area contributed by atoms with E-state index in [1.807, 2.05) is 13.0 Å². The van der Waals surface area contributed by atoms with E-state index in [1.165, 1.54) is 0 Å². The van der Waals surface area contributed by atoms with Crippen LogP contribution in [0.2, 0.25) is 0 Å². The number of rotatable bonds is 5. The van der Waals surface area contributed by atoms with Crippen molar-refractivity contribution in [1.82, 2.24) is 10.3 Å². The fraction of sp³-hybridized carbons (Fsp3) is 0.385. The molecule has 0 aliphatic heterocycles. The Morgan fingerprint density at radius 1 is 1.53 bits per heavy atom. The number of carbonyl (C=O) groups is 1. The number of amides is 1. The summed E-state index contributed by atoms with van der Waals surface area (Å²) in [6.07, 6.45) is 0.664. The van der Waals surface area contributed by atoms with Gasteiger partial charge in [-0.15, -0.1) is 0 Å². The molecular formula is C13H17N3O3. The Kier molecular flexibility index (Phi) is 4.01. The van der Waals surface area contributed by atoms with Gasteiger partial charge in [0.25, 0.3) is 0 Å². The molecule has 4 N–H and O–H groups in total. The van der Waals surface area contributed by atoms with Gasteiger partial charge in [-0.25, -0.2) is 4.79 Å². The molecule has 0 fully saturated rings. The monoisotopic (exact) mass is 263 g/mol. The second kappa shape index (κ2) is 5.71. The lowest BCUT2D eigenvalue weighted by Crippen LogP contribution is -2.29. The molecule has 0 saturated heterocycles. The number of hydrogen-bond acceptors (Lipinski definition) is 4. The molecule has 0 bridgehead atoms. The third-order valence-corrected chi connectivity index (χ3v) is 3.00. The van der Waals surface area contributed by atoms with E-state index in [4.69, 9.17) is 10.2 Å². The van der Waals surface area contributed by atoms with Crippen LogP contribution >= 0.6 is 0 Å². The van der Waals surface area contributed by atoms with Crippen molar-refractivity contribution in [2.24, 2.45) is 11.7 Å². The van der Waals surface area contributed by atoms with Gasteiger partial charge in [-0.2, -0.15) is 0 Å². The molecule has 0 saturated carbocycles. The highest BCUT2D eigenvalue weighted by Gasteiger charge is 2.11. The Morgan fingerprint density at radius 3 is 3.05 bits per heavy atom. The van der Waals surface area contributed by atoms with Crippen LogP contribution in [0, 0.1) is 5.92 Å². The lowest BCUT2D eigenvalue weighted by molar-refractivity contribution is -0.124. The van der Waals surface area contributed by atoms with Gasteiger partial charge in [-0.05, 0) is 30.7 Å². The molecule has 0 radical (unpaired) electrons. The van der Waals surface area contributed by atoms with Crippen LogP contribution in [0.25, 0.3) is 11.1 Å². The maximum atomic E-state index is 11.7. The van der Waals surface area contributed by atoms with Gasteiger partial charge in [0.2, 0.25) is 5.91 Å². The summed E-state index contributed by atoms with van der Waals surface area (Å²) in [7, 11) is 0. The van der Waals surface area contributed by atoms with E-state index in [0.717, 1.165) is 5.56 Å². The zero-order valence-corrected chi connectivity index (χ0v) is 10.7. The maximum absolute atomic E-state index is 11.7. The average molecular weight is 263 g/mol. The van der Waals surface area contributed by atoms with Gasteiger partial charge in [-0.1, -0.05) is 13.0 Å². The summed E-state index contributed by atoms with van der Waals surface area (Å²) in [5.74, 6) is -0.604. The standard InChI is InChI=1S/C13H17N3O3/c1-8(4-5-14)12(17)15-7-9-2-3-10-11(6-9)19-13(18)16-10/h2-3,6,8H,4-5,7,14H2,1H3,(H,15,17)(H,16,18). The molecule has 2 aromatic rings. The molecule has 1 atom stereocenters. The number of H-pyrrole nitrogens is 1. The normalized spacial score (nSPS) is 12.5. The number of hydrogen-bond donors (Lipinski definition) is 3. The molecule has 0 spiro atoms. The highest BCUT2D eigenvalue weighted by molar-refractivity contribution is 5.78. The molecule has 1 amide bonds. The van der Waals surface area contributed by atoms with E-state index >= 15 is 0 Å². The second-order valence-electron chi connectivity index (χ2n) is 4.54. The predicted octanol–water partition coefficient (Wildman–Crippen LogP) is 0.722. The first-order valence-electron chi connectivity index (χ1n) is 6.19. The van der Waals surface area contributed by atoms with E-state index in [0.29, 0.717) is 30.6 Å². The largest absolute Gasteiger partial charge is 0.417 e. The third-order valence-electron chi connectivity index (χ3n) is 3.00. The molecule has 1 aromatic heterocycles. The minimum atomic E-state index is -0.479. The minimum absolute atomic E-state index is 0.0268. The van der Waals surface area contributed by atoms with Gasteiger partial charge in [0, 0.05) is 12.5 Å². The first kappa shape index (κ1) is 13.4. The summed E-state index contributed by atoms with van der Waals surface area (Å²) in [6, 6.07) is 5.33. The topological polar surface area (TPSA) is 101 Å². The van der Waals surface area contributed by atoms with Crippen molar-refractivity contribution in [3.8, 4) is 0 Å². The van der Waals surface area contributed by atoms with Crippen molar-refractivity contribution in [3.05, 3.63) is 34.3 Å². The molecule has 0 aliphatic carbocycles. The van der Waals surface area contributed by atoms with Crippen molar-refractivity contribution in [2.45, 2.75) is 19.9 Å². The maximum Gasteiger partial charge on any atom is 0.417 e. The number of benzene rings is 1. The first-order chi connectivity index (χ1) is 9.10. The van der Waals surface area contributed by atoms with E-state index in [9.17, 15) is 9.59 Å². The number of aromatic amines is 1. The summed E-state index contributed by atoms with van der Waals surface area (Å²) in [5, 5.41) is 2.83. The number of nitrogens with one attached hydrogen (secondary N) is 2. The van der Waals surface area contributed by atoms with Gasteiger partial charge in [0.05, 0.1) is 5.52 Å². The predicted molar refractivity (Wildman–Crippen MR) is 71.5 cm³/mol. The van der Waals surface area contributed by atoms with Crippen molar-refractivity contribution in [3.63, 3.8) is 0 Å². The van der Waals surface area contributed by atoms with E-state index in [2.05, 4.69) is 10.3 Å². The summed E-state index contributed by atoms with van der Waals surface area (Å²) in [6.45, 7) is 2.74. The smallest absolute Gasteiger partial charge is 0.408 e. The molecule has 1 heterocycles. The molecule has 1 unspecified atom stereocenters. The van der Waals surface area contributed by atoms with Crippen LogP contribution in [0.3, 0.4) is 0 Å². The second-order valence-corrected chi connectivity index (χ2v) is 4.54. The summed E-state index contributed by atoms with van der Waals surface area (Å²) < 4.78 is 4.96. The van der Waals surface area contributed by atoms with Gasteiger partial charge in [0.15, 0.2) is 5.58 Å². The van der Waals surface area contributed by atoms with Gasteiger partial charge >= 0.3 is 5.76 Å². The third kappa shape index (κ3) is 3.23. The minimum Gasteiger partial charge on any atom is -0.408 e. The van der Waals surface area contributed by atoms with Crippen molar-refractivity contribution < 1.29 is 9.21 Å². The zero-order chi connectivity index (χ0) is 13.8. The number of nitrogens with two attached hydrogens (primary N) is 1. The van der Waals surface area contributed by atoms with Gasteiger partial charge in [0.1, 0.15) is 0 Å². The van der Waals surface area contributed by atoms with E-state index in [1.54, 1.807) is 12.1 Å². The van der Waals surface area contributed by atoms with Crippen LogP contribution < -0.4 is 16.8 Å². The van der Waals surface area contributed by atoms with Crippen LogP contribution in [-0.2, 0) is 11.3 Å². The van der Waals surface area contributed by atoms with Crippen LogP contribution in [0.15, 0.2) is 27.4 Å². The summed E-state index contributed by atoms with van der Waals surface area (Å²) in [5.41, 5.74) is 7.43. The zero-order valence-electron chi connectivity index (χ0n) is 10.7. The number of aromatic nitrogens is 1. The lowest BCUT2D eigenvalue weighted by atomic mass is 10.1. The Balaban J connectivity index is 2.01. The average Bonchev–Trinajstić information content (AvgIpc) is 2.75. The van der Waals surface area contributed by atoms with Crippen molar-refractivity contribution >= 4 is 17.0 Å². The molecule has 19 heavy (non-hydrogen) atoms. The Bertz CT molecular complexity index is 629. The quantitative estimate of drug-likeness (QED) is 0.739. The Morgan fingerprint density at radius 2 is 2.32 bits per heavy atom. The molecule has 102 valence electrons. The van der Waals surface area contributed by atoms with Crippen LogP contribution in [0.1, 0.15) is 18.9 Å². The first-order valence-corrected chi connectivity index (χ1v) is 6.19. The molecule has 2 rings (SSSR count). The fourth-order valence-electron chi connectivity index (χ4n) is 1.84. The SMILES string of the molecule is CC(CCN)C(=O)NCc1ccc2[nH]c(=O)oc2c1. The molecule has 0 aliphatic rings. The van der Waals surface area contributed by atoms with Crippen molar-refractivity contribution in [1.29, 1.82) is 0 Å². The highest BCUT2D eigenvalue weighted by Crippen LogP contribution is 2.12. The van der Waals surface area contributed by atoms with E-state index < -0.39 is 5.76 Å². The number of oxazole rings is 1. The van der Waals surface area contributed by atoms with Crippen LogP contribution in [-0.4, -0.2) is 17.4 Å².